The van der Waals surface area contributed by atoms with Crippen LogP contribution in [0.2, 0.25) is 0 Å². The van der Waals surface area contributed by atoms with E-state index in [1.807, 2.05) is 0 Å². The SMILES string of the molecule is COc1cccc(C(=O)Oc2cccc(N3C(=O)[C@@H]4[C@H]5C[C@@H]([C@H](Br)[C@H]5Br)[C@H]4C3=O)c2)c1. The second-order valence-corrected chi connectivity index (χ2v) is 10.2. The van der Waals surface area contributed by atoms with Gasteiger partial charge in [-0.15, -0.1) is 0 Å². The van der Waals surface area contributed by atoms with Crippen LogP contribution in [0.1, 0.15) is 16.8 Å². The third-order valence-electron chi connectivity index (χ3n) is 6.58. The normalized spacial score (nSPS) is 31.1. The van der Waals surface area contributed by atoms with Crippen LogP contribution in [0.15, 0.2) is 48.5 Å². The van der Waals surface area contributed by atoms with Gasteiger partial charge >= 0.3 is 5.97 Å². The molecule has 0 spiro atoms. The number of rotatable bonds is 4. The molecule has 0 aromatic heterocycles. The van der Waals surface area contributed by atoms with Gasteiger partial charge in [-0.05, 0) is 48.6 Å². The lowest BCUT2D eigenvalue weighted by atomic mass is 9.81. The number of ether oxygens (including phenoxy) is 2. The number of esters is 1. The Morgan fingerprint density at radius 3 is 2.19 bits per heavy atom. The number of carbonyl (C=O) groups is 3. The zero-order valence-electron chi connectivity index (χ0n) is 16.5. The summed E-state index contributed by atoms with van der Waals surface area (Å²) in [6, 6.07) is 13.2. The van der Waals surface area contributed by atoms with Gasteiger partial charge in [0.2, 0.25) is 11.8 Å². The molecule has 31 heavy (non-hydrogen) atoms. The second-order valence-electron chi connectivity index (χ2n) is 8.13. The monoisotopic (exact) mass is 547 g/mol. The summed E-state index contributed by atoms with van der Waals surface area (Å²) in [6.45, 7) is 0. The van der Waals surface area contributed by atoms with Crippen molar-refractivity contribution < 1.29 is 23.9 Å². The van der Waals surface area contributed by atoms with Gasteiger partial charge in [0.25, 0.3) is 0 Å². The highest BCUT2D eigenvalue weighted by Crippen LogP contribution is 2.60. The average molecular weight is 549 g/mol. The highest BCUT2D eigenvalue weighted by molar-refractivity contribution is 9.12. The van der Waals surface area contributed by atoms with Crippen molar-refractivity contribution in [3.8, 4) is 11.5 Å². The number of alkyl halides is 2. The van der Waals surface area contributed by atoms with E-state index in [2.05, 4.69) is 31.9 Å². The largest absolute Gasteiger partial charge is 0.497 e. The topological polar surface area (TPSA) is 72.9 Å². The van der Waals surface area contributed by atoms with Crippen LogP contribution in [0.25, 0.3) is 0 Å². The fourth-order valence-corrected chi connectivity index (χ4v) is 7.08. The molecule has 3 aliphatic rings. The minimum absolute atomic E-state index is 0.148. The summed E-state index contributed by atoms with van der Waals surface area (Å²) < 4.78 is 10.6. The molecule has 6 atom stereocenters. The zero-order chi connectivity index (χ0) is 21.9. The van der Waals surface area contributed by atoms with Gasteiger partial charge < -0.3 is 9.47 Å². The van der Waals surface area contributed by atoms with E-state index in [0.29, 0.717) is 17.0 Å². The molecule has 2 aromatic rings. The molecular weight excluding hydrogens is 530 g/mol. The maximum atomic E-state index is 13.2. The Bertz CT molecular complexity index is 1060. The number of halogens is 2. The Labute approximate surface area is 196 Å². The first kappa shape index (κ1) is 20.7. The summed E-state index contributed by atoms with van der Waals surface area (Å²) in [5.74, 6) is -0.350. The maximum Gasteiger partial charge on any atom is 0.343 e. The van der Waals surface area contributed by atoms with Gasteiger partial charge in [-0.1, -0.05) is 44.0 Å². The van der Waals surface area contributed by atoms with Crippen molar-refractivity contribution in [3.63, 3.8) is 0 Å². The third kappa shape index (κ3) is 3.22. The van der Waals surface area contributed by atoms with Crippen molar-refractivity contribution in [2.24, 2.45) is 23.7 Å². The summed E-state index contributed by atoms with van der Waals surface area (Å²) >= 11 is 7.39. The van der Waals surface area contributed by atoms with Gasteiger partial charge in [0.15, 0.2) is 0 Å². The molecule has 0 N–H and O–H groups in total. The van der Waals surface area contributed by atoms with Crippen LogP contribution in [0.4, 0.5) is 5.69 Å². The molecule has 1 heterocycles. The molecule has 0 unspecified atom stereocenters. The van der Waals surface area contributed by atoms with Crippen LogP contribution in [-0.2, 0) is 9.59 Å². The zero-order valence-corrected chi connectivity index (χ0v) is 19.7. The molecule has 0 radical (unpaired) electrons. The summed E-state index contributed by atoms with van der Waals surface area (Å²) in [5.41, 5.74) is 0.771. The van der Waals surface area contributed by atoms with E-state index in [1.165, 1.54) is 12.0 Å². The standard InChI is InChI=1S/C23H19Br2NO5/c1-30-13-6-2-4-11(8-13)23(29)31-14-7-3-5-12(9-14)26-21(27)17-15-10-16(18(17)22(26)28)20(25)19(15)24/h2-9,15-20H,10H2,1H3/t15-,16-,17-,18-,19+,20+/m1/s1. The maximum absolute atomic E-state index is 13.2. The first-order valence-electron chi connectivity index (χ1n) is 10.0. The lowest BCUT2D eigenvalue weighted by Crippen LogP contribution is -2.37. The van der Waals surface area contributed by atoms with Gasteiger partial charge in [-0.3, -0.25) is 9.59 Å². The summed E-state index contributed by atoms with van der Waals surface area (Å²) in [6.07, 6.45) is 0.880. The van der Waals surface area contributed by atoms with Gasteiger partial charge in [0.1, 0.15) is 11.5 Å². The molecule has 2 aromatic carbocycles. The van der Waals surface area contributed by atoms with E-state index in [4.69, 9.17) is 9.47 Å². The Balaban J connectivity index is 1.39. The average Bonchev–Trinajstić information content (AvgIpc) is 3.38. The minimum Gasteiger partial charge on any atom is -0.497 e. The molecular formula is C23H19Br2NO5. The number of hydrogen-bond acceptors (Lipinski definition) is 5. The molecule has 2 aliphatic carbocycles. The number of anilines is 1. The Morgan fingerprint density at radius 2 is 1.55 bits per heavy atom. The van der Waals surface area contributed by atoms with Crippen molar-refractivity contribution in [2.75, 3.05) is 12.0 Å². The number of methoxy groups -OCH3 is 1. The Kier molecular flexibility index (Phi) is 5.17. The minimum atomic E-state index is -0.547. The van der Waals surface area contributed by atoms with Crippen LogP contribution in [-0.4, -0.2) is 34.5 Å². The summed E-state index contributed by atoms with van der Waals surface area (Å²) in [4.78, 5) is 40.6. The van der Waals surface area contributed by atoms with Crippen molar-refractivity contribution >= 4 is 55.3 Å². The third-order valence-corrected chi connectivity index (χ3v) is 9.79. The first-order chi connectivity index (χ1) is 14.9. The van der Waals surface area contributed by atoms with Gasteiger partial charge in [0, 0.05) is 15.7 Å². The summed E-state index contributed by atoms with van der Waals surface area (Å²) in [5, 5.41) is 0. The van der Waals surface area contributed by atoms with Crippen molar-refractivity contribution in [1.82, 2.24) is 0 Å². The van der Waals surface area contributed by atoms with Crippen molar-refractivity contribution in [2.45, 2.75) is 16.1 Å². The fraction of sp³-hybridized carbons (Fsp3) is 0.348. The van der Waals surface area contributed by atoms with Crippen LogP contribution in [0.5, 0.6) is 11.5 Å². The van der Waals surface area contributed by atoms with E-state index in [0.717, 1.165) is 6.42 Å². The number of nitrogens with zero attached hydrogens (tertiary/aromatic N) is 1. The Morgan fingerprint density at radius 1 is 0.935 bits per heavy atom. The lowest BCUT2D eigenvalue weighted by molar-refractivity contribution is -0.123. The highest BCUT2D eigenvalue weighted by Gasteiger charge is 2.66. The van der Waals surface area contributed by atoms with E-state index >= 15 is 0 Å². The van der Waals surface area contributed by atoms with Gasteiger partial charge in [-0.2, -0.15) is 0 Å². The second kappa shape index (κ2) is 7.74. The van der Waals surface area contributed by atoms with Crippen LogP contribution in [0, 0.1) is 23.7 Å². The molecule has 2 saturated carbocycles. The van der Waals surface area contributed by atoms with Gasteiger partial charge in [0.05, 0.1) is 30.2 Å². The van der Waals surface area contributed by atoms with Gasteiger partial charge in [-0.25, -0.2) is 9.69 Å². The smallest absolute Gasteiger partial charge is 0.343 e. The molecule has 2 amide bonds. The molecule has 3 fully saturated rings. The quantitative estimate of drug-likeness (QED) is 0.248. The van der Waals surface area contributed by atoms with E-state index in [1.54, 1.807) is 48.5 Å². The lowest BCUT2D eigenvalue weighted by Gasteiger charge is -2.28. The molecule has 8 heteroatoms. The first-order valence-corrected chi connectivity index (χ1v) is 11.9. The Hall–Kier alpha value is -2.19. The highest BCUT2D eigenvalue weighted by atomic mass is 79.9. The van der Waals surface area contributed by atoms with Crippen molar-refractivity contribution in [3.05, 3.63) is 54.1 Å². The molecule has 160 valence electrons. The van der Waals surface area contributed by atoms with Crippen LogP contribution < -0.4 is 14.4 Å². The molecule has 1 saturated heterocycles. The number of benzene rings is 2. The molecule has 1 aliphatic heterocycles. The molecule has 5 rings (SSSR count). The molecule has 2 bridgehead atoms. The predicted octanol–water partition coefficient (Wildman–Crippen LogP) is 4.20. The number of imide groups is 1. The predicted molar refractivity (Wildman–Crippen MR) is 121 cm³/mol. The number of amides is 2. The molecule has 6 nitrogen and oxygen atoms in total. The van der Waals surface area contributed by atoms with E-state index in [-0.39, 0.29) is 50.9 Å². The number of carbonyl (C=O) groups excluding carboxylic acids is 3. The number of hydrogen-bond donors (Lipinski definition) is 0. The fourth-order valence-electron chi connectivity index (χ4n) is 5.21. The summed E-state index contributed by atoms with van der Waals surface area (Å²) in [7, 11) is 1.52. The number of fused-ring (bicyclic) bond motifs is 5. The van der Waals surface area contributed by atoms with Crippen LogP contribution >= 0.6 is 31.9 Å². The van der Waals surface area contributed by atoms with E-state index in [9.17, 15) is 14.4 Å². The van der Waals surface area contributed by atoms with Crippen LogP contribution in [0.3, 0.4) is 0 Å². The van der Waals surface area contributed by atoms with Crippen molar-refractivity contribution in [1.29, 1.82) is 0 Å². The van der Waals surface area contributed by atoms with E-state index < -0.39 is 5.97 Å².